The zero-order valence-electron chi connectivity index (χ0n) is 20.7. The van der Waals surface area contributed by atoms with Gasteiger partial charge in [-0.05, 0) is 55.2 Å². The number of benzene rings is 3. The molecule has 0 amide bonds. The fourth-order valence-corrected chi connectivity index (χ4v) is 6.49. The zero-order valence-corrected chi connectivity index (χ0v) is 21.5. The Bertz CT molecular complexity index is 1210. The number of para-hydroxylation sites is 1. The largest absolute Gasteiger partial charge is 0.493 e. The van der Waals surface area contributed by atoms with Crippen LogP contribution < -0.4 is 13.8 Å². The molecule has 1 saturated heterocycles. The minimum atomic E-state index is -3.69. The van der Waals surface area contributed by atoms with Crippen molar-refractivity contribution in [3.63, 3.8) is 0 Å². The van der Waals surface area contributed by atoms with Crippen molar-refractivity contribution in [1.29, 1.82) is 0 Å². The third-order valence-electron chi connectivity index (χ3n) is 6.67. The Morgan fingerprint density at radius 3 is 2.17 bits per heavy atom. The van der Waals surface area contributed by atoms with Gasteiger partial charge in [0.25, 0.3) is 10.0 Å². The standard InChI is InChI=1S/C28H34N2O4S/c1-4-22-13-15-24(16-14-22)30(35(31,32)26-10-6-5-7-11-26)25-17-19-29(20-18-25)21-23-9-8-12-27(33-2)28(23)34-3/h5-16,25H,4,17-21H2,1-3H3. The van der Waals surface area contributed by atoms with Crippen LogP contribution in [0.5, 0.6) is 11.5 Å². The van der Waals surface area contributed by atoms with Gasteiger partial charge in [-0.25, -0.2) is 8.42 Å². The molecule has 7 heteroatoms. The van der Waals surface area contributed by atoms with E-state index in [1.165, 1.54) is 5.56 Å². The summed E-state index contributed by atoms with van der Waals surface area (Å²) in [7, 11) is -0.394. The number of likely N-dealkylation sites (tertiary alicyclic amines) is 1. The molecule has 1 aliphatic rings. The molecule has 3 aromatic rings. The number of aryl methyl sites for hydroxylation is 1. The maximum Gasteiger partial charge on any atom is 0.264 e. The van der Waals surface area contributed by atoms with Gasteiger partial charge < -0.3 is 9.47 Å². The molecule has 1 fully saturated rings. The van der Waals surface area contributed by atoms with E-state index < -0.39 is 10.0 Å². The molecule has 6 nitrogen and oxygen atoms in total. The third-order valence-corrected chi connectivity index (χ3v) is 8.56. The van der Waals surface area contributed by atoms with E-state index >= 15 is 0 Å². The van der Waals surface area contributed by atoms with Crippen LogP contribution in [0.3, 0.4) is 0 Å². The average molecular weight is 495 g/mol. The number of methoxy groups -OCH3 is 2. The lowest BCUT2D eigenvalue weighted by Gasteiger charge is -2.39. The first-order valence-corrected chi connectivity index (χ1v) is 13.5. The number of sulfonamides is 1. The third kappa shape index (κ3) is 5.46. The van der Waals surface area contributed by atoms with E-state index in [0.717, 1.165) is 61.6 Å². The van der Waals surface area contributed by atoms with Crippen molar-refractivity contribution in [1.82, 2.24) is 4.90 Å². The van der Waals surface area contributed by atoms with Crippen molar-refractivity contribution in [2.24, 2.45) is 0 Å². The van der Waals surface area contributed by atoms with Crippen LogP contribution in [0.1, 0.15) is 30.9 Å². The van der Waals surface area contributed by atoms with Gasteiger partial charge in [-0.15, -0.1) is 0 Å². The van der Waals surface area contributed by atoms with Gasteiger partial charge in [0.15, 0.2) is 11.5 Å². The van der Waals surface area contributed by atoms with Gasteiger partial charge in [-0.1, -0.05) is 49.4 Å². The highest BCUT2D eigenvalue weighted by Crippen LogP contribution is 2.34. The molecule has 0 radical (unpaired) electrons. The van der Waals surface area contributed by atoms with Gasteiger partial charge >= 0.3 is 0 Å². The van der Waals surface area contributed by atoms with Crippen molar-refractivity contribution < 1.29 is 17.9 Å². The van der Waals surface area contributed by atoms with Crippen molar-refractivity contribution in [3.8, 4) is 11.5 Å². The number of nitrogens with zero attached hydrogens (tertiary/aromatic N) is 2. The maximum atomic E-state index is 13.8. The topological polar surface area (TPSA) is 59.1 Å². The van der Waals surface area contributed by atoms with E-state index in [1.807, 2.05) is 42.5 Å². The normalized spacial score (nSPS) is 15.1. The summed E-state index contributed by atoms with van der Waals surface area (Å²) >= 11 is 0. The number of rotatable bonds is 9. The first kappa shape index (κ1) is 25.1. The Morgan fingerprint density at radius 1 is 0.886 bits per heavy atom. The molecule has 0 N–H and O–H groups in total. The highest BCUT2D eigenvalue weighted by Gasteiger charge is 2.34. The van der Waals surface area contributed by atoms with E-state index in [-0.39, 0.29) is 6.04 Å². The van der Waals surface area contributed by atoms with E-state index in [4.69, 9.17) is 9.47 Å². The first-order valence-electron chi connectivity index (χ1n) is 12.1. The summed E-state index contributed by atoms with van der Waals surface area (Å²) in [6.45, 7) is 4.40. The molecule has 0 spiro atoms. The van der Waals surface area contributed by atoms with Gasteiger partial charge in [-0.3, -0.25) is 9.21 Å². The maximum absolute atomic E-state index is 13.8. The Hall–Kier alpha value is -3.03. The molecule has 0 aromatic heterocycles. The van der Waals surface area contributed by atoms with E-state index in [1.54, 1.807) is 42.8 Å². The molecular formula is C28H34N2O4S. The summed E-state index contributed by atoms with van der Waals surface area (Å²) in [5.41, 5.74) is 2.97. The monoisotopic (exact) mass is 494 g/mol. The minimum absolute atomic E-state index is 0.115. The average Bonchev–Trinajstić information content (AvgIpc) is 2.90. The van der Waals surface area contributed by atoms with Gasteiger partial charge in [0.2, 0.25) is 0 Å². The molecule has 186 valence electrons. The fourth-order valence-electron chi connectivity index (χ4n) is 4.76. The molecule has 1 heterocycles. The van der Waals surface area contributed by atoms with Crippen LogP contribution in [0.25, 0.3) is 0 Å². The highest BCUT2D eigenvalue weighted by molar-refractivity contribution is 7.92. The summed E-state index contributed by atoms with van der Waals surface area (Å²) < 4.78 is 40.3. The summed E-state index contributed by atoms with van der Waals surface area (Å²) in [4.78, 5) is 2.67. The summed E-state index contributed by atoms with van der Waals surface area (Å²) in [6.07, 6.45) is 2.40. The Kier molecular flexibility index (Phi) is 7.98. The Labute approximate surface area is 209 Å². The molecule has 0 saturated carbocycles. The SMILES string of the molecule is CCc1ccc(N(C2CCN(Cc3cccc(OC)c3OC)CC2)S(=O)(=O)c2ccccc2)cc1. The summed E-state index contributed by atoms with van der Waals surface area (Å²) in [5.74, 6) is 1.47. The first-order chi connectivity index (χ1) is 17.0. The zero-order chi connectivity index (χ0) is 24.8. The predicted molar refractivity (Wildman–Crippen MR) is 140 cm³/mol. The lowest BCUT2D eigenvalue weighted by Crippen LogP contribution is -2.47. The van der Waals surface area contributed by atoms with Gasteiger partial charge in [0, 0.05) is 31.2 Å². The molecule has 0 bridgehead atoms. The van der Waals surface area contributed by atoms with E-state index in [9.17, 15) is 8.42 Å². The second kappa shape index (κ2) is 11.1. The molecule has 0 atom stereocenters. The van der Waals surface area contributed by atoms with Crippen LogP contribution in [0.4, 0.5) is 5.69 Å². The van der Waals surface area contributed by atoms with Crippen molar-refractivity contribution in [3.05, 3.63) is 83.9 Å². The number of hydrogen-bond acceptors (Lipinski definition) is 5. The molecule has 3 aromatic carbocycles. The number of ether oxygens (including phenoxy) is 2. The predicted octanol–water partition coefficient (Wildman–Crippen LogP) is 5.13. The van der Waals surface area contributed by atoms with Crippen LogP contribution in [0, 0.1) is 0 Å². The lowest BCUT2D eigenvalue weighted by molar-refractivity contribution is 0.203. The molecule has 35 heavy (non-hydrogen) atoms. The lowest BCUT2D eigenvalue weighted by atomic mass is 10.0. The quantitative estimate of drug-likeness (QED) is 0.413. The van der Waals surface area contributed by atoms with Crippen LogP contribution in [-0.2, 0) is 23.0 Å². The summed E-state index contributed by atoms with van der Waals surface area (Å²) in [5, 5.41) is 0. The molecule has 4 rings (SSSR count). The van der Waals surface area contributed by atoms with Crippen LogP contribution in [0.2, 0.25) is 0 Å². The fraction of sp³-hybridized carbons (Fsp3) is 0.357. The van der Waals surface area contributed by atoms with Gasteiger partial charge in [0.05, 0.1) is 24.8 Å². The van der Waals surface area contributed by atoms with E-state index in [2.05, 4.69) is 17.9 Å². The number of anilines is 1. The second-order valence-electron chi connectivity index (χ2n) is 8.79. The van der Waals surface area contributed by atoms with Crippen LogP contribution >= 0.6 is 0 Å². The molecule has 0 aliphatic carbocycles. The van der Waals surface area contributed by atoms with Crippen molar-refractivity contribution >= 4 is 15.7 Å². The van der Waals surface area contributed by atoms with Gasteiger partial charge in [0.1, 0.15) is 0 Å². The van der Waals surface area contributed by atoms with Crippen LogP contribution in [0.15, 0.2) is 77.7 Å². The van der Waals surface area contributed by atoms with E-state index in [0.29, 0.717) is 4.90 Å². The summed E-state index contributed by atoms with van der Waals surface area (Å²) in [6, 6.07) is 22.4. The van der Waals surface area contributed by atoms with Crippen molar-refractivity contribution in [2.75, 3.05) is 31.6 Å². The van der Waals surface area contributed by atoms with Crippen molar-refractivity contribution in [2.45, 2.75) is 43.7 Å². The second-order valence-corrected chi connectivity index (χ2v) is 10.6. The number of piperidine rings is 1. The van der Waals surface area contributed by atoms with Gasteiger partial charge in [-0.2, -0.15) is 0 Å². The minimum Gasteiger partial charge on any atom is -0.493 e. The highest BCUT2D eigenvalue weighted by atomic mass is 32.2. The molecule has 0 unspecified atom stereocenters. The Balaban J connectivity index is 1.56. The Morgan fingerprint density at radius 2 is 1.57 bits per heavy atom. The molecular weight excluding hydrogens is 460 g/mol. The van der Waals surface area contributed by atoms with Crippen LogP contribution in [-0.4, -0.2) is 46.7 Å². The number of hydrogen-bond donors (Lipinski definition) is 0. The smallest absolute Gasteiger partial charge is 0.264 e. The molecule has 1 aliphatic heterocycles.